The zero-order valence-corrected chi connectivity index (χ0v) is 20.3. The molecule has 36 heavy (non-hydrogen) atoms. The maximum absolute atomic E-state index is 13.5. The number of hydrogen-bond acceptors (Lipinski definition) is 5. The van der Waals surface area contributed by atoms with Crippen LogP contribution in [0.2, 0.25) is 0 Å². The summed E-state index contributed by atoms with van der Waals surface area (Å²) in [5.74, 6) is -0.487. The number of benzene rings is 3. The van der Waals surface area contributed by atoms with E-state index in [1.54, 1.807) is 31.2 Å². The van der Waals surface area contributed by atoms with Crippen LogP contribution in [0.5, 0.6) is 0 Å². The largest absolute Gasteiger partial charge is 0.478 e. The quantitative estimate of drug-likeness (QED) is 0.334. The van der Waals surface area contributed by atoms with Crippen molar-refractivity contribution in [3.8, 4) is 11.3 Å². The van der Waals surface area contributed by atoms with Crippen LogP contribution in [0.15, 0.2) is 80.9 Å². The lowest BCUT2D eigenvalue weighted by Gasteiger charge is -2.20. The standard InChI is InChI=1S/C30H26N2O4/c1-17-13-24(19(3)32-26-10-5-4-9-23(26)30(34)35)29-25(14-17)27(33)18(2)28(36-29)21-8-6-7-20(15-21)22-11-12-31-16-22/h4-11,13-16,19,32H,12H2,1-3H3,(H,34,35). The van der Waals surface area contributed by atoms with Crippen LogP contribution in [0.3, 0.4) is 0 Å². The third-order valence-corrected chi connectivity index (χ3v) is 6.49. The van der Waals surface area contributed by atoms with Crippen LogP contribution in [-0.4, -0.2) is 23.8 Å². The molecule has 5 rings (SSSR count). The highest BCUT2D eigenvalue weighted by Crippen LogP contribution is 2.33. The van der Waals surface area contributed by atoms with E-state index < -0.39 is 5.97 Å². The van der Waals surface area contributed by atoms with Crippen LogP contribution in [0, 0.1) is 13.8 Å². The molecule has 4 aromatic rings. The van der Waals surface area contributed by atoms with E-state index in [0.717, 1.165) is 27.8 Å². The molecule has 1 aliphatic heterocycles. The number of fused-ring (bicyclic) bond motifs is 1. The normalized spacial score (nSPS) is 13.6. The van der Waals surface area contributed by atoms with Crippen molar-refractivity contribution in [3.05, 3.63) is 105 Å². The summed E-state index contributed by atoms with van der Waals surface area (Å²) < 4.78 is 6.49. The van der Waals surface area contributed by atoms with E-state index in [2.05, 4.69) is 16.4 Å². The van der Waals surface area contributed by atoms with E-state index in [1.165, 1.54) is 0 Å². The van der Waals surface area contributed by atoms with Gasteiger partial charge in [-0.25, -0.2) is 4.79 Å². The second kappa shape index (κ2) is 9.30. The molecule has 1 aliphatic rings. The summed E-state index contributed by atoms with van der Waals surface area (Å²) in [7, 11) is 0. The molecule has 2 N–H and O–H groups in total. The Bertz CT molecular complexity index is 1630. The summed E-state index contributed by atoms with van der Waals surface area (Å²) in [6.45, 7) is 6.32. The highest BCUT2D eigenvalue weighted by molar-refractivity contribution is 6.11. The molecule has 0 radical (unpaired) electrons. The Kier molecular flexibility index (Phi) is 6.02. The summed E-state index contributed by atoms with van der Waals surface area (Å²) in [6.07, 6.45) is 3.91. The number of nitrogens with one attached hydrogen (secondary N) is 1. The number of rotatable bonds is 6. The number of nitrogens with zero attached hydrogens (tertiary/aromatic N) is 1. The number of aromatic carboxylic acids is 1. The van der Waals surface area contributed by atoms with E-state index in [4.69, 9.17) is 4.42 Å². The maximum Gasteiger partial charge on any atom is 0.337 e. The molecular formula is C30H26N2O4. The number of aryl methyl sites for hydroxylation is 1. The van der Waals surface area contributed by atoms with Gasteiger partial charge in [0.15, 0.2) is 5.43 Å². The number of anilines is 1. The van der Waals surface area contributed by atoms with E-state index in [0.29, 0.717) is 34.5 Å². The smallest absolute Gasteiger partial charge is 0.337 e. The Balaban J connectivity index is 1.65. The predicted molar refractivity (Wildman–Crippen MR) is 144 cm³/mol. The van der Waals surface area contributed by atoms with Gasteiger partial charge in [-0.05, 0) is 61.7 Å². The van der Waals surface area contributed by atoms with Gasteiger partial charge in [-0.15, -0.1) is 0 Å². The van der Waals surface area contributed by atoms with Gasteiger partial charge in [0, 0.05) is 28.6 Å². The second-order valence-electron chi connectivity index (χ2n) is 9.07. The highest BCUT2D eigenvalue weighted by Gasteiger charge is 2.20. The van der Waals surface area contributed by atoms with Crippen molar-refractivity contribution in [1.29, 1.82) is 0 Å². The van der Waals surface area contributed by atoms with Crippen molar-refractivity contribution in [2.75, 3.05) is 11.9 Å². The Morgan fingerprint density at radius 2 is 1.83 bits per heavy atom. The van der Waals surface area contributed by atoms with Crippen molar-refractivity contribution in [2.45, 2.75) is 26.8 Å². The first kappa shape index (κ1) is 23.3. The van der Waals surface area contributed by atoms with E-state index in [1.807, 2.05) is 56.5 Å². The average Bonchev–Trinajstić information content (AvgIpc) is 3.41. The van der Waals surface area contributed by atoms with Crippen molar-refractivity contribution in [1.82, 2.24) is 0 Å². The number of carboxylic acids is 1. The fourth-order valence-corrected chi connectivity index (χ4v) is 4.66. The number of carboxylic acid groups (broad SMARTS) is 1. The molecule has 6 nitrogen and oxygen atoms in total. The van der Waals surface area contributed by atoms with Gasteiger partial charge in [-0.1, -0.05) is 42.5 Å². The molecule has 0 saturated carbocycles. The molecule has 6 heteroatoms. The second-order valence-corrected chi connectivity index (χ2v) is 9.07. The van der Waals surface area contributed by atoms with E-state index >= 15 is 0 Å². The number of allylic oxidation sites excluding steroid dienone is 1. The molecule has 2 heterocycles. The van der Waals surface area contributed by atoms with Crippen molar-refractivity contribution in [3.63, 3.8) is 0 Å². The topological polar surface area (TPSA) is 91.9 Å². The molecule has 0 spiro atoms. The zero-order valence-electron chi connectivity index (χ0n) is 20.3. The molecular weight excluding hydrogens is 452 g/mol. The lowest BCUT2D eigenvalue weighted by Crippen LogP contribution is -2.14. The van der Waals surface area contributed by atoms with Crippen LogP contribution in [-0.2, 0) is 0 Å². The summed E-state index contributed by atoms with van der Waals surface area (Å²) in [4.78, 5) is 29.5. The fourth-order valence-electron chi connectivity index (χ4n) is 4.66. The van der Waals surface area contributed by atoms with Gasteiger partial charge in [0.05, 0.1) is 23.5 Å². The van der Waals surface area contributed by atoms with Gasteiger partial charge in [0.1, 0.15) is 11.3 Å². The lowest BCUT2D eigenvalue weighted by molar-refractivity contribution is 0.0698. The lowest BCUT2D eigenvalue weighted by atomic mass is 9.97. The molecule has 180 valence electrons. The Morgan fingerprint density at radius 3 is 2.58 bits per heavy atom. The Morgan fingerprint density at radius 1 is 1.06 bits per heavy atom. The number of para-hydroxylation sites is 1. The van der Waals surface area contributed by atoms with E-state index in [9.17, 15) is 14.7 Å². The third kappa shape index (κ3) is 4.22. The van der Waals surface area contributed by atoms with Gasteiger partial charge in [0.2, 0.25) is 0 Å². The minimum Gasteiger partial charge on any atom is -0.478 e. The first-order valence-electron chi connectivity index (χ1n) is 11.8. The minimum atomic E-state index is -1.01. The van der Waals surface area contributed by atoms with Crippen LogP contribution in [0.1, 0.15) is 45.6 Å². The molecule has 0 fully saturated rings. The summed E-state index contributed by atoms with van der Waals surface area (Å²) in [6, 6.07) is 18.2. The molecule has 1 aromatic heterocycles. The zero-order chi connectivity index (χ0) is 25.4. The van der Waals surface area contributed by atoms with Gasteiger partial charge in [-0.3, -0.25) is 9.79 Å². The molecule has 3 aromatic carbocycles. The molecule has 0 saturated heterocycles. The summed E-state index contributed by atoms with van der Waals surface area (Å²) >= 11 is 0. The molecule has 0 aliphatic carbocycles. The number of carbonyl (C=O) groups is 1. The Hall–Kier alpha value is -4.45. The minimum absolute atomic E-state index is 0.0821. The van der Waals surface area contributed by atoms with Gasteiger partial charge in [0.25, 0.3) is 0 Å². The average molecular weight is 479 g/mol. The van der Waals surface area contributed by atoms with Gasteiger partial charge >= 0.3 is 5.97 Å². The number of aliphatic imine (C=N–C) groups is 1. The summed E-state index contributed by atoms with van der Waals surface area (Å²) in [5.41, 5.74) is 6.21. The van der Waals surface area contributed by atoms with Crippen molar-refractivity contribution < 1.29 is 14.3 Å². The van der Waals surface area contributed by atoms with Crippen molar-refractivity contribution in [2.24, 2.45) is 4.99 Å². The van der Waals surface area contributed by atoms with Crippen LogP contribution in [0.4, 0.5) is 5.69 Å². The number of hydrogen-bond donors (Lipinski definition) is 2. The van der Waals surface area contributed by atoms with Gasteiger partial charge in [-0.2, -0.15) is 0 Å². The maximum atomic E-state index is 13.5. The predicted octanol–water partition coefficient (Wildman–Crippen LogP) is 6.42. The Labute approximate surface area is 208 Å². The SMILES string of the molecule is Cc1cc(C(C)Nc2ccccc2C(=O)O)c2oc(-c3cccc(C4=CCN=C4)c3)c(C)c(=O)c2c1. The molecule has 0 bridgehead atoms. The van der Waals surface area contributed by atoms with Crippen molar-refractivity contribution >= 4 is 34.4 Å². The van der Waals surface area contributed by atoms with Gasteiger partial charge < -0.3 is 14.8 Å². The van der Waals surface area contributed by atoms with Crippen LogP contribution in [0.25, 0.3) is 27.9 Å². The fraction of sp³-hybridized carbons (Fsp3) is 0.167. The highest BCUT2D eigenvalue weighted by atomic mass is 16.4. The van der Waals surface area contributed by atoms with Crippen LogP contribution >= 0.6 is 0 Å². The van der Waals surface area contributed by atoms with E-state index in [-0.39, 0.29) is 17.0 Å². The molecule has 1 atom stereocenters. The first-order valence-corrected chi connectivity index (χ1v) is 11.8. The summed E-state index contributed by atoms with van der Waals surface area (Å²) in [5, 5.41) is 13.4. The van der Waals surface area contributed by atoms with Crippen LogP contribution < -0.4 is 10.7 Å². The monoisotopic (exact) mass is 478 g/mol. The molecule has 1 unspecified atom stereocenters. The first-order chi connectivity index (χ1) is 17.3. The molecule has 0 amide bonds. The third-order valence-electron chi connectivity index (χ3n) is 6.49.